The number of aromatic nitrogens is 2. The number of carbonyl (C=O) groups excluding carboxylic acids is 1. The van der Waals surface area contributed by atoms with E-state index in [9.17, 15) is 13.2 Å². The second-order valence-corrected chi connectivity index (χ2v) is 10.7. The Morgan fingerprint density at radius 2 is 1.91 bits per heavy atom. The Bertz CT molecular complexity index is 1480. The number of anilines is 2. The van der Waals surface area contributed by atoms with Crippen molar-refractivity contribution in [1.29, 1.82) is 0 Å². The average Bonchev–Trinajstić information content (AvgIpc) is 3.24. The number of fused-ring (bicyclic) bond motifs is 3. The van der Waals surface area contributed by atoms with E-state index in [1.807, 2.05) is 23.1 Å². The van der Waals surface area contributed by atoms with Gasteiger partial charge in [0, 0.05) is 53.5 Å². The number of thiophene rings is 1. The van der Waals surface area contributed by atoms with Gasteiger partial charge in [0.05, 0.1) is 15.3 Å². The molecule has 5 rings (SSSR count). The van der Waals surface area contributed by atoms with Crippen LogP contribution in [0, 0.1) is 0 Å². The Balaban J connectivity index is 1.48. The maximum atomic E-state index is 13.0. The number of likely N-dealkylation sites (N-methyl/N-ethyl adjacent to an activating group) is 1. The molecule has 9 nitrogen and oxygen atoms in total. The van der Waals surface area contributed by atoms with Crippen molar-refractivity contribution in [3.63, 3.8) is 0 Å². The van der Waals surface area contributed by atoms with Gasteiger partial charge in [0.2, 0.25) is 16.0 Å². The first-order chi connectivity index (χ1) is 15.8. The SMILES string of the molecule is CN1CCN(C(=O)c2cc3c(ccc4cnc(Nc5cccc(S(N)(=O)=O)c5)nc43)s2)CC1. The molecule has 0 radical (unpaired) electrons. The molecule has 0 unspecified atom stereocenters. The van der Waals surface area contributed by atoms with E-state index in [0.717, 1.165) is 47.2 Å². The van der Waals surface area contributed by atoms with E-state index >= 15 is 0 Å². The molecule has 0 spiro atoms. The number of carbonyl (C=O) groups is 1. The third kappa shape index (κ3) is 4.40. The van der Waals surface area contributed by atoms with Crippen LogP contribution >= 0.6 is 11.3 Å². The maximum absolute atomic E-state index is 13.0. The molecular weight excluding hydrogens is 460 g/mol. The number of amides is 1. The Morgan fingerprint density at radius 3 is 2.67 bits per heavy atom. The molecule has 1 fully saturated rings. The van der Waals surface area contributed by atoms with E-state index in [1.54, 1.807) is 18.3 Å². The molecular formula is C22H22N6O3S2. The summed E-state index contributed by atoms with van der Waals surface area (Å²) in [7, 11) is -1.76. The fourth-order valence-corrected chi connectivity index (χ4v) is 5.41. The van der Waals surface area contributed by atoms with Crippen LogP contribution in [-0.4, -0.2) is 67.3 Å². The zero-order valence-electron chi connectivity index (χ0n) is 17.9. The highest BCUT2D eigenvalue weighted by Crippen LogP contribution is 2.32. The number of hydrogen-bond donors (Lipinski definition) is 2. The van der Waals surface area contributed by atoms with Gasteiger partial charge in [-0.05, 0) is 43.4 Å². The van der Waals surface area contributed by atoms with Crippen molar-refractivity contribution in [2.45, 2.75) is 4.90 Å². The molecule has 1 saturated heterocycles. The third-order valence-corrected chi connectivity index (χ3v) is 7.67. The van der Waals surface area contributed by atoms with Crippen molar-refractivity contribution in [3.8, 4) is 0 Å². The standard InChI is InChI=1S/C22H22N6O3S2/c1-27-7-9-28(10-8-27)21(29)19-12-17-18(32-19)6-5-14-13-24-22(26-20(14)17)25-15-3-2-4-16(11-15)33(23,30)31/h2-6,11-13H,7-10H2,1H3,(H2,23,30,31)(H,24,25,26). The Hall–Kier alpha value is -3.12. The van der Waals surface area contributed by atoms with Crippen LogP contribution in [0.5, 0.6) is 0 Å². The van der Waals surface area contributed by atoms with Crippen LogP contribution in [0.2, 0.25) is 0 Å². The molecule has 2 aromatic heterocycles. The predicted octanol–water partition coefficient (Wildman–Crippen LogP) is 2.62. The lowest BCUT2D eigenvalue weighted by Crippen LogP contribution is -2.46. The first-order valence-corrected chi connectivity index (χ1v) is 12.7. The number of nitrogens with two attached hydrogens (primary N) is 1. The number of nitrogens with zero attached hydrogens (tertiary/aromatic N) is 4. The molecule has 3 N–H and O–H groups in total. The first kappa shape index (κ1) is 21.7. The molecule has 0 atom stereocenters. The summed E-state index contributed by atoms with van der Waals surface area (Å²) in [5.74, 6) is 0.365. The van der Waals surface area contributed by atoms with E-state index in [4.69, 9.17) is 5.14 Å². The lowest BCUT2D eigenvalue weighted by Gasteiger charge is -2.32. The molecule has 1 aliphatic heterocycles. The summed E-state index contributed by atoms with van der Waals surface area (Å²) in [6.45, 7) is 3.18. The molecule has 0 aliphatic carbocycles. The summed E-state index contributed by atoms with van der Waals surface area (Å²) in [6, 6.07) is 12.0. The molecule has 0 saturated carbocycles. The third-order valence-electron chi connectivity index (χ3n) is 5.67. The van der Waals surface area contributed by atoms with Crippen LogP contribution in [0.1, 0.15) is 9.67 Å². The Kier molecular flexibility index (Phi) is 5.49. The molecule has 1 aliphatic rings. The highest BCUT2D eigenvalue weighted by atomic mass is 32.2. The number of nitrogens with one attached hydrogen (secondary N) is 1. The Morgan fingerprint density at radius 1 is 1.12 bits per heavy atom. The van der Waals surface area contributed by atoms with E-state index < -0.39 is 10.0 Å². The molecule has 1 amide bonds. The molecule has 4 aromatic rings. The minimum atomic E-state index is -3.82. The highest BCUT2D eigenvalue weighted by molar-refractivity contribution is 7.89. The number of primary sulfonamides is 1. The van der Waals surface area contributed by atoms with Gasteiger partial charge in [-0.1, -0.05) is 6.07 Å². The van der Waals surface area contributed by atoms with Gasteiger partial charge < -0.3 is 15.1 Å². The van der Waals surface area contributed by atoms with E-state index in [2.05, 4.69) is 27.2 Å². The Labute approximate surface area is 194 Å². The molecule has 33 heavy (non-hydrogen) atoms. The molecule has 0 bridgehead atoms. The fraction of sp³-hybridized carbons (Fsp3) is 0.227. The lowest BCUT2D eigenvalue weighted by atomic mass is 10.1. The van der Waals surface area contributed by atoms with Gasteiger partial charge in [-0.25, -0.2) is 23.5 Å². The lowest BCUT2D eigenvalue weighted by molar-refractivity contribution is 0.0669. The molecule has 11 heteroatoms. The minimum Gasteiger partial charge on any atom is -0.335 e. The number of rotatable bonds is 4. The highest BCUT2D eigenvalue weighted by Gasteiger charge is 2.22. The average molecular weight is 483 g/mol. The van der Waals surface area contributed by atoms with Crippen LogP contribution in [0.25, 0.3) is 21.0 Å². The number of piperazine rings is 1. The number of sulfonamides is 1. The van der Waals surface area contributed by atoms with Crippen molar-refractivity contribution in [1.82, 2.24) is 19.8 Å². The largest absolute Gasteiger partial charge is 0.335 e. The number of hydrogen-bond acceptors (Lipinski definition) is 8. The van der Waals surface area contributed by atoms with Crippen molar-refractivity contribution < 1.29 is 13.2 Å². The quantitative estimate of drug-likeness (QED) is 0.459. The van der Waals surface area contributed by atoms with Crippen molar-refractivity contribution in [2.24, 2.45) is 5.14 Å². The van der Waals surface area contributed by atoms with Crippen LogP contribution in [0.4, 0.5) is 11.6 Å². The summed E-state index contributed by atoms with van der Waals surface area (Å²) in [6.07, 6.45) is 1.70. The predicted molar refractivity (Wildman–Crippen MR) is 129 cm³/mol. The zero-order chi connectivity index (χ0) is 23.2. The monoisotopic (exact) mass is 482 g/mol. The van der Waals surface area contributed by atoms with Gasteiger partial charge in [0.25, 0.3) is 5.91 Å². The number of benzene rings is 2. The van der Waals surface area contributed by atoms with Gasteiger partial charge >= 0.3 is 0 Å². The summed E-state index contributed by atoms with van der Waals surface area (Å²) < 4.78 is 24.2. The molecule has 2 aromatic carbocycles. The minimum absolute atomic E-state index is 0.000532. The first-order valence-electron chi connectivity index (χ1n) is 10.3. The van der Waals surface area contributed by atoms with Gasteiger partial charge in [0.15, 0.2) is 0 Å². The smallest absolute Gasteiger partial charge is 0.264 e. The van der Waals surface area contributed by atoms with Gasteiger partial charge in [-0.3, -0.25) is 4.79 Å². The van der Waals surface area contributed by atoms with Gasteiger partial charge in [-0.2, -0.15) is 0 Å². The summed E-state index contributed by atoms with van der Waals surface area (Å²) in [5, 5.41) is 10.0. The second kappa shape index (κ2) is 8.34. The summed E-state index contributed by atoms with van der Waals surface area (Å²) >= 11 is 1.46. The zero-order valence-corrected chi connectivity index (χ0v) is 19.5. The normalized spacial score (nSPS) is 15.3. The van der Waals surface area contributed by atoms with Crippen LogP contribution in [0.15, 0.2) is 53.6 Å². The van der Waals surface area contributed by atoms with Crippen molar-refractivity contribution in [3.05, 3.63) is 53.5 Å². The second-order valence-electron chi connectivity index (χ2n) is 8.01. The molecule has 3 heterocycles. The van der Waals surface area contributed by atoms with E-state index in [0.29, 0.717) is 16.5 Å². The van der Waals surface area contributed by atoms with Gasteiger partial charge in [0.1, 0.15) is 0 Å². The summed E-state index contributed by atoms with van der Waals surface area (Å²) in [5.41, 5.74) is 1.23. The van der Waals surface area contributed by atoms with Crippen LogP contribution < -0.4 is 10.5 Å². The van der Waals surface area contributed by atoms with Crippen LogP contribution in [0.3, 0.4) is 0 Å². The topological polar surface area (TPSA) is 122 Å². The fourth-order valence-electron chi connectivity index (χ4n) is 3.82. The summed E-state index contributed by atoms with van der Waals surface area (Å²) in [4.78, 5) is 26.9. The van der Waals surface area contributed by atoms with Crippen LogP contribution in [-0.2, 0) is 10.0 Å². The van der Waals surface area contributed by atoms with Crippen molar-refractivity contribution in [2.75, 3.05) is 38.5 Å². The van der Waals surface area contributed by atoms with Gasteiger partial charge in [-0.15, -0.1) is 11.3 Å². The van der Waals surface area contributed by atoms with E-state index in [-0.39, 0.29) is 10.8 Å². The maximum Gasteiger partial charge on any atom is 0.264 e. The van der Waals surface area contributed by atoms with E-state index in [1.165, 1.54) is 23.5 Å². The van der Waals surface area contributed by atoms with Crippen molar-refractivity contribution >= 4 is 59.9 Å². The molecule has 170 valence electrons.